The van der Waals surface area contributed by atoms with Crippen LogP contribution in [-0.4, -0.2) is 17.1 Å². The van der Waals surface area contributed by atoms with Gasteiger partial charge in [-0.05, 0) is 29.8 Å². The Kier molecular flexibility index (Phi) is 5.02. The first-order valence-corrected chi connectivity index (χ1v) is 8.48. The number of halogens is 1. The molecule has 0 aliphatic carbocycles. The Morgan fingerprint density at radius 3 is 2.40 bits per heavy atom. The highest BCUT2D eigenvalue weighted by atomic mass is 35.5. The largest absolute Gasteiger partial charge is 0.478 e. The topological polar surface area (TPSA) is 78.4 Å². The van der Waals surface area contributed by atoms with Gasteiger partial charge in [-0.25, -0.2) is 9.59 Å². The highest BCUT2D eigenvalue weighted by molar-refractivity contribution is 7.20. The number of amides is 2. The van der Waals surface area contributed by atoms with Crippen molar-refractivity contribution in [2.75, 3.05) is 10.6 Å². The Morgan fingerprint density at radius 1 is 0.960 bits per heavy atom. The minimum Gasteiger partial charge on any atom is -0.478 e. The molecule has 7 heteroatoms. The average molecular weight is 373 g/mol. The number of rotatable bonds is 4. The van der Waals surface area contributed by atoms with Crippen LogP contribution in [0, 0.1) is 0 Å². The molecule has 0 aliphatic heterocycles. The molecule has 0 spiro atoms. The monoisotopic (exact) mass is 372 g/mol. The third-order valence-corrected chi connectivity index (χ3v) is 4.67. The first-order chi connectivity index (χ1) is 12.0. The smallest absolute Gasteiger partial charge is 0.338 e. The first kappa shape index (κ1) is 17.0. The van der Waals surface area contributed by atoms with Crippen LogP contribution >= 0.6 is 22.9 Å². The van der Waals surface area contributed by atoms with Gasteiger partial charge in [-0.3, -0.25) is 5.32 Å². The van der Waals surface area contributed by atoms with Crippen molar-refractivity contribution in [3.05, 3.63) is 71.2 Å². The molecule has 0 bridgehead atoms. The number of carbonyl (C=O) groups is 2. The second-order valence-corrected chi connectivity index (χ2v) is 6.60. The maximum absolute atomic E-state index is 12.2. The summed E-state index contributed by atoms with van der Waals surface area (Å²) in [5, 5.41) is 15.4. The molecule has 3 N–H and O–H groups in total. The second kappa shape index (κ2) is 7.38. The number of carboxylic acid groups (broad SMARTS) is 1. The summed E-state index contributed by atoms with van der Waals surface area (Å²) in [5.74, 6) is -1.10. The number of thiophene rings is 1. The standard InChI is InChI=1S/C18H13ClN2O3S/c19-12-7-4-8-13(9-12)20-18(24)21-16-14(17(22)23)10-15(25-16)11-5-2-1-3-6-11/h1-10H,(H,22,23)(H2,20,21,24). The highest BCUT2D eigenvalue weighted by Gasteiger charge is 2.18. The molecule has 0 atom stereocenters. The van der Waals surface area contributed by atoms with E-state index in [9.17, 15) is 14.7 Å². The fourth-order valence-electron chi connectivity index (χ4n) is 2.22. The van der Waals surface area contributed by atoms with Crippen molar-refractivity contribution >= 4 is 45.6 Å². The third-order valence-electron chi connectivity index (χ3n) is 3.33. The number of aromatic carboxylic acids is 1. The lowest BCUT2D eigenvalue weighted by atomic mass is 10.1. The summed E-state index contributed by atoms with van der Waals surface area (Å²) in [7, 11) is 0. The summed E-state index contributed by atoms with van der Waals surface area (Å²) >= 11 is 7.08. The summed E-state index contributed by atoms with van der Waals surface area (Å²) in [6.07, 6.45) is 0. The number of hydrogen-bond acceptors (Lipinski definition) is 3. The van der Waals surface area contributed by atoms with Gasteiger partial charge in [0.2, 0.25) is 0 Å². The van der Waals surface area contributed by atoms with Crippen molar-refractivity contribution in [2.24, 2.45) is 0 Å². The summed E-state index contributed by atoms with van der Waals surface area (Å²) in [6.45, 7) is 0. The van der Waals surface area contributed by atoms with Gasteiger partial charge in [-0.15, -0.1) is 11.3 Å². The van der Waals surface area contributed by atoms with E-state index in [-0.39, 0.29) is 10.6 Å². The number of urea groups is 1. The first-order valence-electron chi connectivity index (χ1n) is 7.29. The van der Waals surface area contributed by atoms with E-state index in [0.717, 1.165) is 10.4 Å². The van der Waals surface area contributed by atoms with Gasteiger partial charge in [-0.2, -0.15) is 0 Å². The van der Waals surface area contributed by atoms with Crippen LogP contribution in [0.1, 0.15) is 10.4 Å². The number of anilines is 2. The molecular formula is C18H13ClN2O3S. The minimum absolute atomic E-state index is 0.0464. The number of carbonyl (C=O) groups excluding carboxylic acids is 1. The summed E-state index contributed by atoms with van der Waals surface area (Å²) in [5.41, 5.74) is 1.45. The minimum atomic E-state index is -1.10. The van der Waals surface area contributed by atoms with E-state index in [1.807, 2.05) is 30.3 Å². The number of nitrogens with one attached hydrogen (secondary N) is 2. The van der Waals surface area contributed by atoms with Gasteiger partial charge in [0.25, 0.3) is 0 Å². The molecule has 3 rings (SSSR count). The molecule has 1 aromatic heterocycles. The Morgan fingerprint density at radius 2 is 1.72 bits per heavy atom. The van der Waals surface area contributed by atoms with Crippen LogP contribution in [0.25, 0.3) is 10.4 Å². The van der Waals surface area contributed by atoms with Crippen molar-refractivity contribution < 1.29 is 14.7 Å². The van der Waals surface area contributed by atoms with Crippen LogP contribution in [0.15, 0.2) is 60.7 Å². The van der Waals surface area contributed by atoms with Crippen LogP contribution in [0.3, 0.4) is 0 Å². The normalized spacial score (nSPS) is 10.3. The zero-order valence-corrected chi connectivity index (χ0v) is 14.4. The van der Waals surface area contributed by atoms with E-state index < -0.39 is 12.0 Å². The van der Waals surface area contributed by atoms with Gasteiger partial charge in [0.15, 0.2) is 0 Å². The van der Waals surface area contributed by atoms with Crippen molar-refractivity contribution in [1.82, 2.24) is 0 Å². The quantitative estimate of drug-likeness (QED) is 0.572. The Labute approximate surface area is 152 Å². The van der Waals surface area contributed by atoms with Crippen LogP contribution in [0.4, 0.5) is 15.5 Å². The second-order valence-electron chi connectivity index (χ2n) is 5.11. The average Bonchev–Trinajstić information content (AvgIpc) is 2.99. The maximum Gasteiger partial charge on any atom is 0.338 e. The predicted molar refractivity (Wildman–Crippen MR) is 101 cm³/mol. The van der Waals surface area contributed by atoms with Gasteiger partial charge in [-0.1, -0.05) is 48.0 Å². The maximum atomic E-state index is 12.2. The van der Waals surface area contributed by atoms with E-state index in [1.165, 1.54) is 11.3 Å². The van der Waals surface area contributed by atoms with Gasteiger partial charge in [0, 0.05) is 15.6 Å². The zero-order valence-electron chi connectivity index (χ0n) is 12.8. The molecule has 0 saturated carbocycles. The van der Waals surface area contributed by atoms with E-state index in [0.29, 0.717) is 10.7 Å². The molecule has 25 heavy (non-hydrogen) atoms. The lowest BCUT2D eigenvalue weighted by Gasteiger charge is -2.07. The van der Waals surface area contributed by atoms with Crippen LogP contribution in [0.5, 0.6) is 0 Å². The summed E-state index contributed by atoms with van der Waals surface area (Å²) in [4.78, 5) is 24.4. The van der Waals surface area contributed by atoms with Crippen LogP contribution in [-0.2, 0) is 0 Å². The van der Waals surface area contributed by atoms with Gasteiger partial charge in [0.1, 0.15) is 5.00 Å². The number of hydrogen-bond donors (Lipinski definition) is 3. The van der Waals surface area contributed by atoms with Crippen LogP contribution < -0.4 is 10.6 Å². The van der Waals surface area contributed by atoms with Gasteiger partial charge in [0.05, 0.1) is 5.56 Å². The molecule has 126 valence electrons. The van der Waals surface area contributed by atoms with E-state index >= 15 is 0 Å². The molecule has 0 saturated heterocycles. The van der Waals surface area contributed by atoms with Gasteiger partial charge < -0.3 is 10.4 Å². The highest BCUT2D eigenvalue weighted by Crippen LogP contribution is 2.35. The molecule has 1 heterocycles. The third kappa shape index (κ3) is 4.17. The predicted octanol–water partition coefficient (Wildman–Crippen LogP) is 5.41. The lowest BCUT2D eigenvalue weighted by molar-refractivity contribution is 0.0698. The molecule has 0 unspecified atom stereocenters. The van der Waals surface area contributed by atoms with Crippen molar-refractivity contribution in [3.8, 4) is 10.4 Å². The fourth-order valence-corrected chi connectivity index (χ4v) is 3.46. The zero-order chi connectivity index (χ0) is 17.8. The number of carboxylic acids is 1. The Bertz CT molecular complexity index is 925. The Balaban J connectivity index is 1.82. The fraction of sp³-hybridized carbons (Fsp3) is 0. The number of benzene rings is 2. The summed E-state index contributed by atoms with van der Waals surface area (Å²) < 4.78 is 0. The van der Waals surface area contributed by atoms with Crippen molar-refractivity contribution in [1.29, 1.82) is 0 Å². The molecule has 2 amide bonds. The molecule has 0 radical (unpaired) electrons. The van der Waals surface area contributed by atoms with E-state index in [4.69, 9.17) is 11.6 Å². The SMILES string of the molecule is O=C(Nc1cccc(Cl)c1)Nc1sc(-c2ccccc2)cc1C(=O)O. The van der Waals surface area contributed by atoms with Crippen molar-refractivity contribution in [2.45, 2.75) is 0 Å². The van der Waals surface area contributed by atoms with Crippen LogP contribution in [0.2, 0.25) is 5.02 Å². The van der Waals surface area contributed by atoms with E-state index in [2.05, 4.69) is 10.6 Å². The Hall–Kier alpha value is -2.83. The molecular weight excluding hydrogens is 360 g/mol. The molecule has 3 aromatic rings. The lowest BCUT2D eigenvalue weighted by Crippen LogP contribution is -2.19. The molecule has 0 fully saturated rings. The molecule has 5 nitrogen and oxygen atoms in total. The van der Waals surface area contributed by atoms with Gasteiger partial charge >= 0.3 is 12.0 Å². The van der Waals surface area contributed by atoms with E-state index in [1.54, 1.807) is 30.3 Å². The van der Waals surface area contributed by atoms with Crippen molar-refractivity contribution in [3.63, 3.8) is 0 Å². The summed E-state index contributed by atoms with van der Waals surface area (Å²) in [6, 6.07) is 17.1. The molecule has 0 aliphatic rings. The molecule has 2 aromatic carbocycles.